The van der Waals surface area contributed by atoms with E-state index in [1.54, 1.807) is 11.9 Å². The van der Waals surface area contributed by atoms with Gasteiger partial charge in [-0.3, -0.25) is 10.1 Å². The smallest absolute Gasteiger partial charge is 0.337 e. The second-order valence-corrected chi connectivity index (χ2v) is 4.85. The van der Waals surface area contributed by atoms with Crippen molar-refractivity contribution in [3.05, 3.63) is 27.9 Å². The Bertz CT molecular complexity index is 514. The van der Waals surface area contributed by atoms with Crippen molar-refractivity contribution in [1.29, 1.82) is 0 Å². The van der Waals surface area contributed by atoms with Crippen molar-refractivity contribution in [2.75, 3.05) is 11.9 Å². The Morgan fingerprint density at radius 1 is 1.58 bits per heavy atom. The van der Waals surface area contributed by atoms with Crippen molar-refractivity contribution in [1.82, 2.24) is 4.98 Å². The molecule has 1 N–H and O–H groups in total. The minimum absolute atomic E-state index is 0.168. The maximum absolute atomic E-state index is 11.1. The van der Waals surface area contributed by atoms with Crippen LogP contribution in [0.5, 0.6) is 0 Å². The molecule has 0 unspecified atom stereocenters. The zero-order chi connectivity index (χ0) is 14.8. The number of rotatable bonds is 5. The van der Waals surface area contributed by atoms with E-state index in [-0.39, 0.29) is 22.6 Å². The molecule has 104 valence electrons. The summed E-state index contributed by atoms with van der Waals surface area (Å²) in [6.45, 7) is 5.83. The van der Waals surface area contributed by atoms with Gasteiger partial charge in [0.25, 0.3) is 0 Å². The van der Waals surface area contributed by atoms with Crippen LogP contribution in [0.25, 0.3) is 0 Å². The van der Waals surface area contributed by atoms with Gasteiger partial charge in [0.15, 0.2) is 0 Å². The Morgan fingerprint density at radius 2 is 2.16 bits per heavy atom. The Hall–Kier alpha value is -2.18. The average Bonchev–Trinajstić information content (AvgIpc) is 2.36. The van der Waals surface area contributed by atoms with E-state index < -0.39 is 10.9 Å². The van der Waals surface area contributed by atoms with Gasteiger partial charge in [0, 0.05) is 24.8 Å². The lowest BCUT2D eigenvalue weighted by Crippen LogP contribution is -2.41. The fourth-order valence-corrected chi connectivity index (χ4v) is 1.48. The first-order valence-electron chi connectivity index (χ1n) is 5.82. The van der Waals surface area contributed by atoms with E-state index in [2.05, 4.69) is 4.98 Å². The van der Waals surface area contributed by atoms with Crippen molar-refractivity contribution in [2.45, 2.75) is 32.7 Å². The highest BCUT2D eigenvalue weighted by Gasteiger charge is 2.29. The van der Waals surface area contributed by atoms with Gasteiger partial charge in [-0.2, -0.15) is 0 Å². The number of carboxylic acid groups (broad SMARTS) is 1. The molecule has 0 aliphatic rings. The summed E-state index contributed by atoms with van der Waals surface area (Å²) in [5.41, 5.74) is -0.815. The molecular formula is C12H17N3O4. The van der Waals surface area contributed by atoms with E-state index in [9.17, 15) is 14.9 Å². The molecule has 0 fully saturated rings. The number of carboxylic acids is 1. The van der Waals surface area contributed by atoms with Gasteiger partial charge < -0.3 is 10.0 Å². The van der Waals surface area contributed by atoms with Crippen LogP contribution < -0.4 is 4.90 Å². The summed E-state index contributed by atoms with van der Waals surface area (Å²) in [5, 5.41) is 19.9. The largest absolute Gasteiger partial charge is 0.478 e. The predicted octanol–water partition coefficient (Wildman–Crippen LogP) is 2.31. The van der Waals surface area contributed by atoms with Gasteiger partial charge >= 0.3 is 11.7 Å². The summed E-state index contributed by atoms with van der Waals surface area (Å²) in [4.78, 5) is 26.9. The lowest BCUT2D eigenvalue weighted by atomic mass is 10.00. The van der Waals surface area contributed by atoms with Gasteiger partial charge in [0.1, 0.15) is 0 Å². The zero-order valence-electron chi connectivity index (χ0n) is 11.4. The van der Waals surface area contributed by atoms with Gasteiger partial charge in [-0.1, -0.05) is 6.92 Å². The Balaban J connectivity index is 3.36. The molecule has 0 aliphatic carbocycles. The molecule has 0 aromatic carbocycles. The van der Waals surface area contributed by atoms with Crippen LogP contribution in [0.2, 0.25) is 0 Å². The van der Waals surface area contributed by atoms with E-state index >= 15 is 0 Å². The number of aromatic nitrogens is 1. The number of hydrogen-bond donors (Lipinski definition) is 1. The van der Waals surface area contributed by atoms with Crippen molar-refractivity contribution >= 4 is 17.5 Å². The third-order valence-electron chi connectivity index (χ3n) is 3.38. The van der Waals surface area contributed by atoms with Crippen LogP contribution in [0.15, 0.2) is 12.3 Å². The van der Waals surface area contributed by atoms with E-state index in [1.165, 1.54) is 0 Å². The molecule has 0 bridgehead atoms. The molecule has 1 aromatic rings. The Morgan fingerprint density at radius 3 is 2.58 bits per heavy atom. The molecule has 0 amide bonds. The number of nitrogens with zero attached hydrogens (tertiary/aromatic N) is 3. The number of nitro groups is 1. The molecular weight excluding hydrogens is 250 g/mol. The van der Waals surface area contributed by atoms with E-state index in [0.717, 1.165) is 18.7 Å². The third kappa shape index (κ3) is 2.98. The van der Waals surface area contributed by atoms with E-state index in [0.29, 0.717) is 0 Å². The molecule has 7 nitrogen and oxygen atoms in total. The van der Waals surface area contributed by atoms with E-state index in [1.807, 2.05) is 20.8 Å². The predicted molar refractivity (Wildman–Crippen MR) is 70.6 cm³/mol. The highest BCUT2D eigenvalue weighted by Crippen LogP contribution is 2.31. The molecule has 0 spiro atoms. The van der Waals surface area contributed by atoms with Crippen LogP contribution in [-0.2, 0) is 0 Å². The maximum Gasteiger partial charge on any atom is 0.337 e. The van der Waals surface area contributed by atoms with Crippen LogP contribution in [0, 0.1) is 10.1 Å². The first kappa shape index (κ1) is 14.9. The summed E-state index contributed by atoms with van der Waals surface area (Å²) in [5.74, 6) is -1.07. The highest BCUT2D eigenvalue weighted by atomic mass is 16.6. The number of hydrogen-bond acceptors (Lipinski definition) is 5. The van der Waals surface area contributed by atoms with Crippen molar-refractivity contribution in [3.8, 4) is 0 Å². The van der Waals surface area contributed by atoms with Gasteiger partial charge in [0.2, 0.25) is 5.82 Å². The number of pyridine rings is 1. The quantitative estimate of drug-likeness (QED) is 0.649. The molecule has 19 heavy (non-hydrogen) atoms. The molecule has 0 atom stereocenters. The van der Waals surface area contributed by atoms with Crippen LogP contribution in [0.1, 0.15) is 37.6 Å². The van der Waals surface area contributed by atoms with Gasteiger partial charge in [-0.15, -0.1) is 0 Å². The third-order valence-corrected chi connectivity index (χ3v) is 3.38. The van der Waals surface area contributed by atoms with Gasteiger partial charge in [-0.05, 0) is 20.3 Å². The Kier molecular flexibility index (Phi) is 4.08. The topological polar surface area (TPSA) is 96.6 Å². The molecule has 7 heteroatoms. The molecule has 0 radical (unpaired) electrons. The van der Waals surface area contributed by atoms with Crippen molar-refractivity contribution in [2.24, 2.45) is 0 Å². The first-order valence-corrected chi connectivity index (χ1v) is 5.82. The summed E-state index contributed by atoms with van der Waals surface area (Å²) >= 11 is 0. The highest BCUT2D eigenvalue weighted by molar-refractivity contribution is 5.88. The normalized spacial score (nSPS) is 11.2. The summed E-state index contributed by atoms with van der Waals surface area (Å²) in [7, 11) is 1.71. The minimum Gasteiger partial charge on any atom is -0.478 e. The zero-order valence-corrected chi connectivity index (χ0v) is 11.4. The SMILES string of the molecule is CCC(C)(C)N(C)c1ncc(C(=O)O)cc1[N+](=O)[O-]. The second-order valence-electron chi connectivity index (χ2n) is 4.85. The number of anilines is 1. The lowest BCUT2D eigenvalue weighted by molar-refractivity contribution is -0.384. The summed E-state index contributed by atoms with van der Waals surface area (Å²) < 4.78 is 0. The molecule has 0 saturated carbocycles. The van der Waals surface area contributed by atoms with Crippen LogP contribution in [0.4, 0.5) is 11.5 Å². The molecule has 0 saturated heterocycles. The standard InChI is InChI=1S/C12H17N3O4/c1-5-12(2,3)14(4)10-9(15(18)19)6-8(7-13-10)11(16)17/h6-7H,5H2,1-4H3,(H,16,17). The maximum atomic E-state index is 11.1. The molecule has 0 aliphatic heterocycles. The second kappa shape index (κ2) is 5.21. The summed E-state index contributed by atoms with van der Waals surface area (Å²) in [6.07, 6.45) is 1.90. The molecule has 1 aromatic heterocycles. The van der Waals surface area contributed by atoms with Gasteiger partial charge in [-0.25, -0.2) is 9.78 Å². The van der Waals surface area contributed by atoms with Crippen molar-refractivity contribution in [3.63, 3.8) is 0 Å². The minimum atomic E-state index is -1.24. The van der Waals surface area contributed by atoms with E-state index in [4.69, 9.17) is 5.11 Å². The van der Waals surface area contributed by atoms with Gasteiger partial charge in [0.05, 0.1) is 10.5 Å². The van der Waals surface area contributed by atoms with Crippen LogP contribution in [-0.4, -0.2) is 33.6 Å². The number of aromatic carboxylic acids is 1. The number of carbonyl (C=O) groups is 1. The Labute approximate surface area is 111 Å². The molecule has 1 heterocycles. The van der Waals surface area contributed by atoms with Crippen LogP contribution >= 0.6 is 0 Å². The molecule has 1 rings (SSSR count). The van der Waals surface area contributed by atoms with Crippen molar-refractivity contribution < 1.29 is 14.8 Å². The monoisotopic (exact) mass is 267 g/mol. The summed E-state index contributed by atoms with van der Waals surface area (Å²) in [6, 6.07) is 1.03. The fourth-order valence-electron chi connectivity index (χ4n) is 1.48. The lowest BCUT2D eigenvalue weighted by Gasteiger charge is -2.35. The fraction of sp³-hybridized carbons (Fsp3) is 0.500. The first-order chi connectivity index (χ1) is 8.70. The average molecular weight is 267 g/mol. The van der Waals surface area contributed by atoms with Crippen LogP contribution in [0.3, 0.4) is 0 Å².